The molecule has 13 N–H and O–H groups in total. The maximum Gasteiger partial charge on any atom is 0.472 e. The molecular weight excluding hydrogens is 866 g/mol. The van der Waals surface area contributed by atoms with Crippen LogP contribution in [0.1, 0.15) is 29.3 Å². The molecule has 0 bridgehead atoms. The smallest absolute Gasteiger partial charge is 0.394 e. The van der Waals surface area contributed by atoms with E-state index < -0.39 is 121 Å². The minimum absolute atomic E-state index is 0.00131. The minimum Gasteiger partial charge on any atom is -0.394 e. The van der Waals surface area contributed by atoms with Crippen LogP contribution in [0.15, 0.2) is 31.6 Å². The number of aromatic nitrogens is 11. The van der Waals surface area contributed by atoms with Crippen molar-refractivity contribution < 1.29 is 81.5 Å². The Labute approximate surface area is 338 Å². The standard InChI is InChI=1S/C28H36N14O17P2/c29-20-12-24(34-4-32-20)40(6-36-12)26-17(47)14(44)10(56-26)2-53-60(49,50)58-18-16(46)11(57-27(18)41-7-37-13-21(30)33-5-35-25(13)41)3-54-61(51,52)59-19-15(45)9(1-43)55-28(19)42-8-38-23(39-42)22(31)48/h4-11,14-19,26-28,43-47H,1-3H2,(H2,31,48)(H,49,50)(H,51,52)(H2,29,32,34)(H2,30,33,35)/t9-,10-,11-,14-,15-,16-,17-,18-,19-,26-,27-,28-/m1/s1. The van der Waals surface area contributed by atoms with Gasteiger partial charge in [0, 0.05) is 0 Å². The number of anilines is 2. The summed E-state index contributed by atoms with van der Waals surface area (Å²) in [5, 5.41) is 57.3. The second-order valence-corrected chi connectivity index (χ2v) is 16.4. The van der Waals surface area contributed by atoms with E-state index in [1.807, 2.05) is 0 Å². The van der Waals surface area contributed by atoms with Crippen LogP contribution in [-0.2, 0) is 41.4 Å². The molecule has 0 spiro atoms. The molecule has 3 fully saturated rings. The van der Waals surface area contributed by atoms with Gasteiger partial charge in [-0.05, 0) is 0 Å². The van der Waals surface area contributed by atoms with Gasteiger partial charge in [0.2, 0.25) is 5.82 Å². The summed E-state index contributed by atoms with van der Waals surface area (Å²) in [7, 11) is -10.6. The average molecular weight is 903 g/mol. The number of aliphatic hydroxyl groups excluding tert-OH is 5. The predicted octanol–water partition coefficient (Wildman–Crippen LogP) is -4.65. The summed E-state index contributed by atoms with van der Waals surface area (Å²) in [6, 6.07) is 0. The molecule has 31 nitrogen and oxygen atoms in total. The molecule has 5 aromatic heterocycles. The van der Waals surface area contributed by atoms with Gasteiger partial charge in [0.25, 0.3) is 5.91 Å². The number of hydrogen-bond acceptors (Lipinski definition) is 25. The van der Waals surface area contributed by atoms with Gasteiger partial charge in [0.15, 0.2) is 41.6 Å². The molecule has 8 heterocycles. The van der Waals surface area contributed by atoms with Gasteiger partial charge >= 0.3 is 15.6 Å². The average Bonchev–Trinajstić information content (AvgIpc) is 4.08. The largest absolute Gasteiger partial charge is 0.472 e. The van der Waals surface area contributed by atoms with Crippen molar-refractivity contribution in [2.75, 3.05) is 31.3 Å². The van der Waals surface area contributed by atoms with Gasteiger partial charge in [-0.1, -0.05) is 0 Å². The number of rotatable bonds is 15. The maximum atomic E-state index is 13.5. The minimum atomic E-state index is -5.30. The zero-order valence-electron chi connectivity index (χ0n) is 30.7. The van der Waals surface area contributed by atoms with Crippen molar-refractivity contribution in [1.29, 1.82) is 0 Å². The molecule has 0 radical (unpaired) electrons. The number of ether oxygens (including phenoxy) is 3. The maximum absolute atomic E-state index is 13.5. The number of nitrogens with zero attached hydrogens (tertiary/aromatic N) is 11. The van der Waals surface area contributed by atoms with Gasteiger partial charge in [0.1, 0.15) is 85.0 Å². The first kappa shape index (κ1) is 42.9. The first-order valence-electron chi connectivity index (χ1n) is 17.6. The fourth-order valence-electron chi connectivity index (χ4n) is 6.81. The number of carbonyl (C=O) groups is 1. The molecule has 0 aromatic carbocycles. The van der Waals surface area contributed by atoms with Crippen molar-refractivity contribution >= 4 is 55.5 Å². The van der Waals surface area contributed by atoms with E-state index in [1.54, 1.807) is 0 Å². The zero-order chi connectivity index (χ0) is 43.5. The SMILES string of the molecule is NC(=O)c1ncn([C@@H]2O[C@H](CO)[C@@H](O)[C@H]2OP(=O)(O)OC[C@H]2O[C@@H](n3cnc4c(N)ncnc43)[C@H](OP(=O)(O)OC[C@H]3O[C@@H](n4cnc5c(N)ncnc54)[C@H](O)[C@@H]3O)[C@@H]2O)n1. The van der Waals surface area contributed by atoms with Crippen molar-refractivity contribution in [3.8, 4) is 0 Å². The van der Waals surface area contributed by atoms with E-state index in [0.717, 1.165) is 34.6 Å². The molecular formula is C28H36N14O17P2. The third-order valence-corrected chi connectivity index (χ3v) is 11.7. The molecule has 61 heavy (non-hydrogen) atoms. The summed E-state index contributed by atoms with van der Waals surface area (Å²) in [6.07, 6.45) is -14.1. The highest BCUT2D eigenvalue weighted by atomic mass is 31.2. The van der Waals surface area contributed by atoms with Crippen LogP contribution in [0, 0.1) is 0 Å². The molecule has 8 rings (SSSR count). The fraction of sp³-hybridized carbons (Fsp3) is 0.536. The van der Waals surface area contributed by atoms with Gasteiger partial charge in [-0.25, -0.2) is 48.7 Å². The van der Waals surface area contributed by atoms with Crippen LogP contribution in [0.25, 0.3) is 22.3 Å². The van der Waals surface area contributed by atoms with E-state index in [1.165, 1.54) is 10.9 Å². The normalized spacial score (nSPS) is 32.4. The molecule has 0 saturated carbocycles. The van der Waals surface area contributed by atoms with Crippen molar-refractivity contribution in [1.82, 2.24) is 53.8 Å². The lowest BCUT2D eigenvalue weighted by Crippen LogP contribution is -2.37. The number of phosphoric acid groups is 2. The number of phosphoric ester groups is 2. The fourth-order valence-corrected chi connectivity index (χ4v) is 8.68. The van der Waals surface area contributed by atoms with Gasteiger partial charge in [-0.2, -0.15) is 0 Å². The van der Waals surface area contributed by atoms with E-state index in [9.17, 15) is 49.2 Å². The summed E-state index contributed by atoms with van der Waals surface area (Å²) in [5.41, 5.74) is 17.3. The molecule has 5 aromatic rings. The monoisotopic (exact) mass is 902 g/mol. The molecule has 3 aliphatic rings. The van der Waals surface area contributed by atoms with Crippen molar-refractivity contribution in [2.24, 2.45) is 5.73 Å². The van der Waals surface area contributed by atoms with E-state index >= 15 is 0 Å². The molecule has 330 valence electrons. The third-order valence-electron chi connectivity index (χ3n) is 9.77. The Morgan fingerprint density at radius 2 is 1.16 bits per heavy atom. The quantitative estimate of drug-likeness (QED) is 0.0442. The Hall–Kier alpha value is -4.79. The zero-order valence-corrected chi connectivity index (χ0v) is 32.5. The van der Waals surface area contributed by atoms with Gasteiger partial charge in [-0.3, -0.25) is 32.0 Å². The van der Waals surface area contributed by atoms with Crippen LogP contribution in [0.5, 0.6) is 0 Å². The second kappa shape index (κ2) is 16.5. The Morgan fingerprint density at radius 3 is 1.70 bits per heavy atom. The third kappa shape index (κ3) is 8.18. The first-order chi connectivity index (χ1) is 29.0. The second-order valence-electron chi connectivity index (χ2n) is 13.6. The summed E-state index contributed by atoms with van der Waals surface area (Å²) in [6.45, 7) is -2.62. The van der Waals surface area contributed by atoms with Gasteiger partial charge < -0.3 is 66.7 Å². The molecule has 0 aliphatic carbocycles. The first-order valence-corrected chi connectivity index (χ1v) is 20.6. The number of amides is 1. The number of aliphatic hydroxyl groups is 5. The predicted molar refractivity (Wildman–Crippen MR) is 192 cm³/mol. The van der Waals surface area contributed by atoms with E-state index in [-0.39, 0.29) is 34.0 Å². The topological polar surface area (TPSA) is 453 Å². The molecule has 3 saturated heterocycles. The summed E-state index contributed by atoms with van der Waals surface area (Å²) < 4.78 is 68.2. The number of carbonyl (C=O) groups excluding carboxylic acids is 1. The Morgan fingerprint density at radius 1 is 0.672 bits per heavy atom. The van der Waals surface area contributed by atoms with E-state index in [0.29, 0.717) is 0 Å². The highest BCUT2D eigenvalue weighted by Gasteiger charge is 2.53. The summed E-state index contributed by atoms with van der Waals surface area (Å²) in [4.78, 5) is 61.0. The summed E-state index contributed by atoms with van der Waals surface area (Å²) >= 11 is 0. The Balaban J connectivity index is 0.976. The summed E-state index contributed by atoms with van der Waals surface area (Å²) in [5.74, 6) is -1.53. The number of nitrogen functional groups attached to an aromatic ring is 2. The van der Waals surface area contributed by atoms with E-state index in [2.05, 4.69) is 40.0 Å². The van der Waals surface area contributed by atoms with Crippen LogP contribution in [0.2, 0.25) is 0 Å². The van der Waals surface area contributed by atoms with Crippen molar-refractivity contribution in [2.45, 2.75) is 73.6 Å². The number of imidazole rings is 2. The number of nitrogens with two attached hydrogens (primary N) is 3. The molecule has 1 amide bonds. The van der Waals surface area contributed by atoms with Crippen molar-refractivity contribution in [3.05, 3.63) is 37.5 Å². The van der Waals surface area contributed by atoms with Crippen LogP contribution in [0.3, 0.4) is 0 Å². The lowest BCUT2D eigenvalue weighted by molar-refractivity contribution is -0.0670. The van der Waals surface area contributed by atoms with Gasteiger partial charge in [0.05, 0.1) is 32.5 Å². The molecule has 2 unspecified atom stereocenters. The van der Waals surface area contributed by atoms with Crippen molar-refractivity contribution in [3.63, 3.8) is 0 Å². The Kier molecular flexibility index (Phi) is 11.6. The molecule has 14 atom stereocenters. The number of primary amides is 1. The lowest BCUT2D eigenvalue weighted by atomic mass is 10.1. The van der Waals surface area contributed by atoms with Crippen LogP contribution in [0.4, 0.5) is 11.6 Å². The highest BCUT2D eigenvalue weighted by molar-refractivity contribution is 7.47. The lowest BCUT2D eigenvalue weighted by Gasteiger charge is -2.25. The number of fused-ring (bicyclic) bond motifs is 2. The van der Waals surface area contributed by atoms with Gasteiger partial charge in [-0.15, -0.1) is 5.10 Å². The van der Waals surface area contributed by atoms with Crippen LogP contribution >= 0.6 is 15.6 Å². The highest BCUT2D eigenvalue weighted by Crippen LogP contribution is 2.52. The molecule has 3 aliphatic heterocycles. The number of hydrogen-bond donors (Lipinski definition) is 10. The Bertz CT molecular complexity index is 2510. The van der Waals surface area contributed by atoms with Crippen LogP contribution < -0.4 is 17.2 Å². The molecule has 33 heteroatoms. The van der Waals surface area contributed by atoms with Crippen LogP contribution in [-0.4, -0.2) is 170 Å². The van der Waals surface area contributed by atoms with E-state index in [4.69, 9.17) is 49.5 Å².